The summed E-state index contributed by atoms with van der Waals surface area (Å²) in [6, 6.07) is 3.75. The Balaban J connectivity index is 2.33. The molecule has 0 fully saturated rings. The predicted molar refractivity (Wildman–Crippen MR) is 57.3 cm³/mol. The lowest BCUT2D eigenvalue weighted by molar-refractivity contribution is 0.560. The van der Waals surface area contributed by atoms with E-state index in [2.05, 4.69) is 12.0 Å². The molecule has 2 rings (SSSR count). The first-order valence-electron chi connectivity index (χ1n) is 5.03. The van der Waals surface area contributed by atoms with Crippen LogP contribution in [0.4, 0.5) is 0 Å². The van der Waals surface area contributed by atoms with Crippen molar-refractivity contribution in [1.29, 1.82) is 0 Å². The maximum atomic E-state index is 6.11. The molecule has 0 spiro atoms. The molecule has 0 bridgehead atoms. The molecule has 0 aromatic carbocycles. The molecule has 0 amide bonds. The van der Waals surface area contributed by atoms with Crippen LogP contribution in [0.5, 0.6) is 0 Å². The van der Waals surface area contributed by atoms with Crippen molar-refractivity contribution in [3.8, 4) is 0 Å². The van der Waals surface area contributed by atoms with Crippen molar-refractivity contribution in [2.75, 3.05) is 0 Å². The van der Waals surface area contributed by atoms with Gasteiger partial charge in [-0.15, -0.1) is 0 Å². The highest BCUT2D eigenvalue weighted by Gasteiger charge is 2.15. The van der Waals surface area contributed by atoms with E-state index in [0.717, 1.165) is 23.4 Å². The molecule has 0 saturated heterocycles. The molecule has 2 aromatic rings. The average Bonchev–Trinajstić information content (AvgIpc) is 2.85. The molecule has 0 aliphatic heterocycles. The summed E-state index contributed by atoms with van der Waals surface area (Å²) in [4.78, 5) is 0. The van der Waals surface area contributed by atoms with Gasteiger partial charge >= 0.3 is 0 Å². The van der Waals surface area contributed by atoms with Gasteiger partial charge in [-0.2, -0.15) is 5.10 Å². The molecule has 2 aromatic heterocycles. The number of rotatable bonds is 3. The molecule has 0 aliphatic rings. The molecule has 80 valence electrons. The van der Waals surface area contributed by atoms with Crippen LogP contribution in [0.25, 0.3) is 0 Å². The molecular weight excluding hydrogens is 190 g/mol. The van der Waals surface area contributed by atoms with Gasteiger partial charge in [0.2, 0.25) is 0 Å². The van der Waals surface area contributed by atoms with Gasteiger partial charge in [-0.3, -0.25) is 4.68 Å². The van der Waals surface area contributed by atoms with Gasteiger partial charge in [-0.05, 0) is 18.6 Å². The van der Waals surface area contributed by atoms with E-state index in [1.165, 1.54) is 0 Å². The molecule has 4 heteroatoms. The number of aromatic nitrogens is 2. The zero-order chi connectivity index (χ0) is 10.8. The zero-order valence-electron chi connectivity index (χ0n) is 8.97. The molecule has 4 nitrogen and oxygen atoms in total. The smallest absolute Gasteiger partial charge is 0.0954 e. The third-order valence-corrected chi connectivity index (χ3v) is 2.55. The Hall–Kier alpha value is -1.55. The van der Waals surface area contributed by atoms with Crippen LogP contribution in [-0.2, 0) is 13.5 Å². The van der Waals surface area contributed by atoms with Crippen LogP contribution in [0, 0.1) is 0 Å². The number of aryl methyl sites for hydroxylation is 2. The molecule has 0 radical (unpaired) electrons. The molecule has 2 heterocycles. The average molecular weight is 205 g/mol. The van der Waals surface area contributed by atoms with Crippen LogP contribution < -0.4 is 5.73 Å². The number of furan rings is 1. The van der Waals surface area contributed by atoms with Crippen LogP contribution in [0.1, 0.15) is 29.9 Å². The molecule has 1 atom stereocenters. The summed E-state index contributed by atoms with van der Waals surface area (Å²) in [7, 11) is 1.91. The first-order chi connectivity index (χ1) is 7.22. The van der Waals surface area contributed by atoms with Crippen molar-refractivity contribution in [2.45, 2.75) is 19.4 Å². The van der Waals surface area contributed by atoms with E-state index < -0.39 is 0 Å². The van der Waals surface area contributed by atoms with E-state index in [1.807, 2.05) is 23.9 Å². The van der Waals surface area contributed by atoms with Crippen molar-refractivity contribution in [1.82, 2.24) is 9.78 Å². The van der Waals surface area contributed by atoms with E-state index in [1.54, 1.807) is 12.5 Å². The Morgan fingerprint density at radius 1 is 1.60 bits per heavy atom. The SMILES string of the molecule is CCc1cc(C(N)c2ccoc2)n(C)n1. The minimum Gasteiger partial charge on any atom is -0.472 e. The van der Waals surface area contributed by atoms with Crippen molar-refractivity contribution in [2.24, 2.45) is 12.8 Å². The van der Waals surface area contributed by atoms with Crippen LogP contribution in [0.3, 0.4) is 0 Å². The summed E-state index contributed by atoms with van der Waals surface area (Å²) in [5.41, 5.74) is 9.15. The summed E-state index contributed by atoms with van der Waals surface area (Å²) < 4.78 is 6.85. The van der Waals surface area contributed by atoms with Gasteiger partial charge in [-0.25, -0.2) is 0 Å². The van der Waals surface area contributed by atoms with Gasteiger partial charge in [0.25, 0.3) is 0 Å². The van der Waals surface area contributed by atoms with Gasteiger partial charge in [0.05, 0.1) is 30.0 Å². The Morgan fingerprint density at radius 2 is 2.40 bits per heavy atom. The predicted octanol–water partition coefficient (Wildman–Crippen LogP) is 1.62. The van der Waals surface area contributed by atoms with Gasteiger partial charge in [-0.1, -0.05) is 6.92 Å². The second kappa shape index (κ2) is 3.90. The Kier molecular flexibility index (Phi) is 2.60. The van der Waals surface area contributed by atoms with Gasteiger partial charge in [0, 0.05) is 12.6 Å². The Bertz CT molecular complexity index is 431. The minimum atomic E-state index is -0.165. The molecule has 15 heavy (non-hydrogen) atoms. The molecule has 2 N–H and O–H groups in total. The fraction of sp³-hybridized carbons (Fsp3) is 0.364. The highest BCUT2D eigenvalue weighted by atomic mass is 16.3. The molecule has 0 saturated carbocycles. The topological polar surface area (TPSA) is 57.0 Å². The fourth-order valence-corrected chi connectivity index (χ4v) is 1.63. The fourth-order valence-electron chi connectivity index (χ4n) is 1.63. The zero-order valence-corrected chi connectivity index (χ0v) is 8.97. The van der Waals surface area contributed by atoms with E-state index in [9.17, 15) is 0 Å². The third kappa shape index (κ3) is 1.80. The second-order valence-corrected chi connectivity index (χ2v) is 3.57. The maximum absolute atomic E-state index is 6.11. The molecule has 0 aliphatic carbocycles. The van der Waals surface area contributed by atoms with Crippen molar-refractivity contribution >= 4 is 0 Å². The normalized spacial score (nSPS) is 13.0. The number of nitrogens with two attached hydrogens (primary N) is 1. The summed E-state index contributed by atoms with van der Waals surface area (Å²) in [5, 5.41) is 4.37. The summed E-state index contributed by atoms with van der Waals surface area (Å²) >= 11 is 0. The Labute approximate surface area is 88.7 Å². The van der Waals surface area contributed by atoms with Crippen LogP contribution in [0.15, 0.2) is 29.1 Å². The quantitative estimate of drug-likeness (QED) is 0.828. The van der Waals surface area contributed by atoms with Gasteiger partial charge in [0.15, 0.2) is 0 Å². The van der Waals surface area contributed by atoms with Crippen molar-refractivity contribution < 1.29 is 4.42 Å². The third-order valence-electron chi connectivity index (χ3n) is 2.55. The lowest BCUT2D eigenvalue weighted by atomic mass is 10.1. The lowest BCUT2D eigenvalue weighted by Gasteiger charge is -2.08. The van der Waals surface area contributed by atoms with Gasteiger partial charge < -0.3 is 10.2 Å². The largest absolute Gasteiger partial charge is 0.472 e. The van der Waals surface area contributed by atoms with E-state index in [4.69, 9.17) is 10.2 Å². The first-order valence-corrected chi connectivity index (χ1v) is 5.03. The van der Waals surface area contributed by atoms with Crippen LogP contribution in [-0.4, -0.2) is 9.78 Å². The monoisotopic (exact) mass is 205 g/mol. The lowest BCUT2D eigenvalue weighted by Crippen LogP contribution is -2.15. The highest BCUT2D eigenvalue weighted by Crippen LogP contribution is 2.20. The van der Waals surface area contributed by atoms with E-state index in [-0.39, 0.29) is 6.04 Å². The summed E-state index contributed by atoms with van der Waals surface area (Å²) in [6.45, 7) is 2.08. The van der Waals surface area contributed by atoms with E-state index in [0.29, 0.717) is 0 Å². The van der Waals surface area contributed by atoms with Crippen LogP contribution >= 0.6 is 0 Å². The first kappa shape index (κ1) is 9.98. The standard InChI is InChI=1S/C11H15N3O/c1-3-9-6-10(14(2)13-9)11(12)8-4-5-15-7-8/h4-7,11H,3,12H2,1-2H3. The summed E-state index contributed by atoms with van der Waals surface area (Å²) in [5.74, 6) is 0. The maximum Gasteiger partial charge on any atom is 0.0954 e. The van der Waals surface area contributed by atoms with E-state index >= 15 is 0 Å². The van der Waals surface area contributed by atoms with Crippen molar-refractivity contribution in [3.63, 3.8) is 0 Å². The Morgan fingerprint density at radius 3 is 2.93 bits per heavy atom. The van der Waals surface area contributed by atoms with Gasteiger partial charge in [0.1, 0.15) is 0 Å². The minimum absolute atomic E-state index is 0.165. The van der Waals surface area contributed by atoms with Crippen LogP contribution in [0.2, 0.25) is 0 Å². The number of nitrogens with zero attached hydrogens (tertiary/aromatic N) is 2. The number of hydrogen-bond acceptors (Lipinski definition) is 3. The summed E-state index contributed by atoms with van der Waals surface area (Å²) in [6.07, 6.45) is 4.22. The van der Waals surface area contributed by atoms with Crippen molar-refractivity contribution in [3.05, 3.63) is 41.6 Å². The molecular formula is C11H15N3O. The highest BCUT2D eigenvalue weighted by molar-refractivity contribution is 5.25. The second-order valence-electron chi connectivity index (χ2n) is 3.57. The number of hydrogen-bond donors (Lipinski definition) is 1. The molecule has 1 unspecified atom stereocenters.